The number of nitrogens with one attached hydrogen (secondary N) is 1. The van der Waals surface area contributed by atoms with Crippen LogP contribution in [0.25, 0.3) is 0 Å². The van der Waals surface area contributed by atoms with E-state index in [0.717, 1.165) is 25.7 Å². The van der Waals surface area contributed by atoms with Crippen molar-refractivity contribution in [1.29, 1.82) is 0 Å². The Morgan fingerprint density at radius 1 is 1.35 bits per heavy atom. The number of rotatable bonds is 4. The molecule has 94 valence electrons. The predicted octanol–water partition coefficient (Wildman–Crippen LogP) is 0.714. The Morgan fingerprint density at radius 2 is 2.00 bits per heavy atom. The first-order valence-electron chi connectivity index (χ1n) is 5.95. The summed E-state index contributed by atoms with van der Waals surface area (Å²) in [6.45, 7) is 0. The first-order chi connectivity index (χ1) is 8.09. The van der Waals surface area contributed by atoms with Crippen molar-refractivity contribution in [2.75, 3.05) is 0 Å². The molecule has 0 aromatic heterocycles. The molecule has 0 radical (unpaired) electrons. The Labute approximate surface area is 99.0 Å². The van der Waals surface area contributed by atoms with Gasteiger partial charge in [0, 0.05) is 12.5 Å². The van der Waals surface area contributed by atoms with Gasteiger partial charge in [-0.25, -0.2) is 4.79 Å². The van der Waals surface area contributed by atoms with E-state index >= 15 is 0 Å². The SMILES string of the molecule is O=C(O)CCC1NC(=O)N(C2CCCC2)C1=O. The van der Waals surface area contributed by atoms with Crippen LogP contribution in [0.15, 0.2) is 0 Å². The Morgan fingerprint density at radius 3 is 2.59 bits per heavy atom. The summed E-state index contributed by atoms with van der Waals surface area (Å²) in [5.41, 5.74) is 0. The van der Waals surface area contributed by atoms with E-state index in [-0.39, 0.29) is 30.8 Å². The molecule has 0 aromatic rings. The van der Waals surface area contributed by atoms with Gasteiger partial charge in [-0.1, -0.05) is 12.8 Å². The minimum atomic E-state index is -0.952. The van der Waals surface area contributed by atoms with Crippen molar-refractivity contribution >= 4 is 17.9 Å². The zero-order valence-corrected chi connectivity index (χ0v) is 9.52. The highest BCUT2D eigenvalue weighted by molar-refractivity contribution is 6.04. The Kier molecular flexibility index (Phi) is 3.31. The normalized spacial score (nSPS) is 25.4. The fraction of sp³-hybridized carbons (Fsp3) is 0.727. The molecule has 6 nitrogen and oxygen atoms in total. The second-order valence-corrected chi connectivity index (χ2v) is 4.58. The lowest BCUT2D eigenvalue weighted by atomic mass is 10.1. The number of hydrogen-bond acceptors (Lipinski definition) is 3. The molecule has 0 bridgehead atoms. The molecule has 1 heterocycles. The number of carbonyl (C=O) groups excluding carboxylic acids is 2. The van der Waals surface area contributed by atoms with E-state index in [1.807, 2.05) is 0 Å². The molecule has 2 fully saturated rings. The molecule has 1 unspecified atom stereocenters. The van der Waals surface area contributed by atoms with Gasteiger partial charge in [0.05, 0.1) is 0 Å². The lowest BCUT2D eigenvalue weighted by molar-refractivity contribution is -0.137. The van der Waals surface area contributed by atoms with Crippen LogP contribution < -0.4 is 5.32 Å². The van der Waals surface area contributed by atoms with Gasteiger partial charge in [-0.2, -0.15) is 0 Å². The molecule has 1 aliphatic carbocycles. The van der Waals surface area contributed by atoms with Crippen LogP contribution in [0.4, 0.5) is 4.79 Å². The second-order valence-electron chi connectivity index (χ2n) is 4.58. The number of imide groups is 1. The predicted molar refractivity (Wildman–Crippen MR) is 58.3 cm³/mol. The lowest BCUT2D eigenvalue weighted by Gasteiger charge is -2.20. The highest BCUT2D eigenvalue weighted by atomic mass is 16.4. The minimum absolute atomic E-state index is 0.0114. The maximum absolute atomic E-state index is 12.0. The standard InChI is InChI=1S/C11H16N2O4/c14-9(15)6-5-8-10(16)13(11(17)12-8)7-3-1-2-4-7/h7-8H,1-6H2,(H,12,17)(H,14,15). The van der Waals surface area contributed by atoms with Gasteiger partial charge < -0.3 is 10.4 Å². The van der Waals surface area contributed by atoms with Gasteiger partial charge in [0.25, 0.3) is 5.91 Å². The third-order valence-electron chi connectivity index (χ3n) is 3.39. The van der Waals surface area contributed by atoms with Crippen LogP contribution in [0, 0.1) is 0 Å². The summed E-state index contributed by atoms with van der Waals surface area (Å²) in [7, 11) is 0. The van der Waals surface area contributed by atoms with Gasteiger partial charge in [-0.05, 0) is 19.3 Å². The van der Waals surface area contributed by atoms with Gasteiger partial charge in [-0.3, -0.25) is 14.5 Å². The van der Waals surface area contributed by atoms with Crippen LogP contribution in [0.5, 0.6) is 0 Å². The lowest BCUT2D eigenvalue weighted by Crippen LogP contribution is -2.39. The van der Waals surface area contributed by atoms with Crippen LogP contribution in [-0.4, -0.2) is 40.0 Å². The van der Waals surface area contributed by atoms with Crippen molar-refractivity contribution in [2.45, 2.75) is 50.6 Å². The van der Waals surface area contributed by atoms with Gasteiger partial charge in [0.1, 0.15) is 6.04 Å². The van der Waals surface area contributed by atoms with Gasteiger partial charge in [0.15, 0.2) is 0 Å². The quantitative estimate of drug-likeness (QED) is 0.709. The molecule has 6 heteroatoms. The summed E-state index contributed by atoms with van der Waals surface area (Å²) in [5, 5.41) is 11.1. The number of amides is 3. The van der Waals surface area contributed by atoms with E-state index in [2.05, 4.69) is 5.32 Å². The minimum Gasteiger partial charge on any atom is -0.481 e. The van der Waals surface area contributed by atoms with Crippen molar-refractivity contribution < 1.29 is 19.5 Å². The maximum atomic E-state index is 12.0. The van der Waals surface area contributed by atoms with Crippen LogP contribution in [0.1, 0.15) is 38.5 Å². The van der Waals surface area contributed by atoms with Crippen molar-refractivity contribution in [3.63, 3.8) is 0 Å². The molecular weight excluding hydrogens is 224 g/mol. The molecule has 2 aliphatic rings. The topological polar surface area (TPSA) is 86.7 Å². The molecule has 2 N–H and O–H groups in total. The fourth-order valence-electron chi connectivity index (χ4n) is 2.52. The third-order valence-corrected chi connectivity index (χ3v) is 3.39. The summed E-state index contributed by atoms with van der Waals surface area (Å²) < 4.78 is 0. The fourth-order valence-corrected chi connectivity index (χ4v) is 2.52. The average Bonchev–Trinajstić information content (AvgIpc) is 2.84. The Balaban J connectivity index is 1.98. The third kappa shape index (κ3) is 2.40. The molecular formula is C11H16N2O4. The Hall–Kier alpha value is -1.59. The smallest absolute Gasteiger partial charge is 0.325 e. The zero-order valence-electron chi connectivity index (χ0n) is 9.52. The van der Waals surface area contributed by atoms with Gasteiger partial charge >= 0.3 is 12.0 Å². The van der Waals surface area contributed by atoms with Crippen molar-refractivity contribution in [3.05, 3.63) is 0 Å². The monoisotopic (exact) mass is 240 g/mol. The number of urea groups is 1. The largest absolute Gasteiger partial charge is 0.481 e. The first kappa shape index (κ1) is 11.9. The molecule has 3 amide bonds. The number of aliphatic carboxylic acids is 1. The summed E-state index contributed by atoms with van der Waals surface area (Å²) in [6.07, 6.45) is 3.89. The molecule has 17 heavy (non-hydrogen) atoms. The van der Waals surface area contributed by atoms with Crippen LogP contribution in [0.2, 0.25) is 0 Å². The summed E-state index contributed by atoms with van der Waals surface area (Å²) >= 11 is 0. The number of carboxylic acids is 1. The molecule has 1 saturated carbocycles. The summed E-state index contributed by atoms with van der Waals surface area (Å²) in [4.78, 5) is 35.4. The van der Waals surface area contributed by atoms with Crippen LogP contribution in [0.3, 0.4) is 0 Å². The maximum Gasteiger partial charge on any atom is 0.325 e. The highest BCUT2D eigenvalue weighted by Crippen LogP contribution is 2.26. The second kappa shape index (κ2) is 4.73. The van der Waals surface area contributed by atoms with E-state index in [1.54, 1.807) is 0 Å². The highest BCUT2D eigenvalue weighted by Gasteiger charge is 2.42. The van der Waals surface area contributed by atoms with E-state index in [1.165, 1.54) is 4.90 Å². The molecule has 1 saturated heterocycles. The molecule has 1 aliphatic heterocycles. The van der Waals surface area contributed by atoms with Crippen LogP contribution >= 0.6 is 0 Å². The molecule has 0 aromatic carbocycles. The number of hydrogen-bond donors (Lipinski definition) is 2. The molecule has 0 spiro atoms. The number of carboxylic acid groups (broad SMARTS) is 1. The van der Waals surface area contributed by atoms with E-state index in [0.29, 0.717) is 0 Å². The number of carbonyl (C=O) groups is 3. The number of nitrogens with zero attached hydrogens (tertiary/aromatic N) is 1. The van der Waals surface area contributed by atoms with Gasteiger partial charge in [-0.15, -0.1) is 0 Å². The molecule has 2 rings (SSSR count). The van der Waals surface area contributed by atoms with Crippen molar-refractivity contribution in [1.82, 2.24) is 10.2 Å². The van der Waals surface area contributed by atoms with Gasteiger partial charge in [0.2, 0.25) is 0 Å². The first-order valence-corrected chi connectivity index (χ1v) is 5.95. The molecule has 1 atom stereocenters. The zero-order chi connectivity index (χ0) is 12.4. The van der Waals surface area contributed by atoms with E-state index in [4.69, 9.17) is 5.11 Å². The van der Waals surface area contributed by atoms with E-state index in [9.17, 15) is 14.4 Å². The van der Waals surface area contributed by atoms with Crippen molar-refractivity contribution in [2.24, 2.45) is 0 Å². The van der Waals surface area contributed by atoms with Crippen molar-refractivity contribution in [3.8, 4) is 0 Å². The van der Waals surface area contributed by atoms with Crippen LogP contribution in [-0.2, 0) is 9.59 Å². The Bertz CT molecular complexity index is 349. The summed E-state index contributed by atoms with van der Waals surface area (Å²) in [5.74, 6) is -1.21. The summed E-state index contributed by atoms with van der Waals surface area (Å²) in [6, 6.07) is -1.01. The average molecular weight is 240 g/mol. The van der Waals surface area contributed by atoms with E-state index < -0.39 is 12.0 Å².